The number of fused-ring (bicyclic) bond motifs is 1. The van der Waals surface area contributed by atoms with Gasteiger partial charge in [0.25, 0.3) is 0 Å². The number of pyridine rings is 1. The molecule has 2 aromatic heterocycles. The van der Waals surface area contributed by atoms with E-state index in [1.165, 1.54) is 0 Å². The van der Waals surface area contributed by atoms with Gasteiger partial charge >= 0.3 is 0 Å². The van der Waals surface area contributed by atoms with E-state index < -0.39 is 0 Å². The van der Waals surface area contributed by atoms with Crippen molar-refractivity contribution < 1.29 is 9.53 Å². The van der Waals surface area contributed by atoms with Crippen LogP contribution in [0.25, 0.3) is 0 Å². The minimum Gasteiger partial charge on any atom is -0.481 e. The smallest absolute Gasteiger partial charge is 0.226 e. The Hall–Kier alpha value is -2.70. The maximum Gasteiger partial charge on any atom is 0.226 e. The summed E-state index contributed by atoms with van der Waals surface area (Å²) in [6.07, 6.45) is 4.06. The number of anilines is 2. The number of hydrogen-bond acceptors (Lipinski definition) is 6. The molecule has 0 aliphatic carbocycles. The van der Waals surface area contributed by atoms with Crippen molar-refractivity contribution in [3.63, 3.8) is 0 Å². The Bertz CT molecular complexity index is 860. The first-order valence-electron chi connectivity index (χ1n) is 9.66. The highest BCUT2D eigenvalue weighted by Crippen LogP contribution is 2.28. The minimum atomic E-state index is -0.0674. The van der Waals surface area contributed by atoms with E-state index in [1.807, 2.05) is 39.8 Å². The van der Waals surface area contributed by atoms with Crippen LogP contribution in [0.15, 0.2) is 18.3 Å². The van der Waals surface area contributed by atoms with E-state index in [2.05, 4.69) is 15.2 Å². The van der Waals surface area contributed by atoms with Gasteiger partial charge in [-0.3, -0.25) is 4.79 Å². The maximum absolute atomic E-state index is 12.3. The molecule has 28 heavy (non-hydrogen) atoms. The lowest BCUT2D eigenvalue weighted by atomic mass is 9.92. The van der Waals surface area contributed by atoms with Crippen LogP contribution in [0.5, 0.6) is 5.88 Å². The zero-order valence-electron chi connectivity index (χ0n) is 17.4. The second-order valence-corrected chi connectivity index (χ2v) is 8.45. The van der Waals surface area contributed by atoms with E-state index in [4.69, 9.17) is 14.7 Å². The van der Waals surface area contributed by atoms with Crippen molar-refractivity contribution in [2.24, 2.45) is 5.41 Å². The zero-order chi connectivity index (χ0) is 20.3. The number of aryl methyl sites for hydroxylation is 2. The Labute approximate surface area is 166 Å². The fourth-order valence-corrected chi connectivity index (χ4v) is 3.32. The molecule has 0 aromatic carbocycles. The van der Waals surface area contributed by atoms with Gasteiger partial charge < -0.3 is 15.0 Å². The summed E-state index contributed by atoms with van der Waals surface area (Å²) >= 11 is 0. The Kier molecular flexibility index (Phi) is 5.82. The molecule has 0 radical (unpaired) electrons. The van der Waals surface area contributed by atoms with E-state index >= 15 is 0 Å². The first-order chi connectivity index (χ1) is 13.2. The summed E-state index contributed by atoms with van der Waals surface area (Å²) in [6.45, 7) is 9.66. The van der Waals surface area contributed by atoms with Crippen LogP contribution in [0, 0.1) is 12.3 Å². The van der Waals surface area contributed by atoms with Gasteiger partial charge in [-0.15, -0.1) is 0 Å². The minimum absolute atomic E-state index is 0.0265. The normalized spacial score (nSPS) is 13.8. The fourth-order valence-electron chi connectivity index (χ4n) is 3.32. The SMILES string of the molecule is COc1cc(CN2CCCc3nc(NC(=O)CC(C)(C)C)c(C)nc32)ccn1. The number of nitrogens with one attached hydrogen (secondary N) is 1. The monoisotopic (exact) mass is 383 g/mol. The molecule has 0 spiro atoms. The van der Waals surface area contributed by atoms with Crippen molar-refractivity contribution in [2.45, 2.75) is 53.5 Å². The van der Waals surface area contributed by atoms with Crippen molar-refractivity contribution in [1.82, 2.24) is 15.0 Å². The average molecular weight is 383 g/mol. The molecule has 1 aliphatic heterocycles. The summed E-state index contributed by atoms with van der Waals surface area (Å²) in [5.74, 6) is 2.05. The summed E-state index contributed by atoms with van der Waals surface area (Å²) in [5, 5.41) is 2.94. The molecular formula is C21H29N5O2. The van der Waals surface area contributed by atoms with Crippen molar-refractivity contribution in [2.75, 3.05) is 23.9 Å². The third kappa shape index (κ3) is 4.97. The average Bonchev–Trinajstić information content (AvgIpc) is 2.61. The summed E-state index contributed by atoms with van der Waals surface area (Å²) in [6, 6.07) is 3.92. The largest absolute Gasteiger partial charge is 0.481 e. The Balaban J connectivity index is 1.80. The molecule has 1 amide bonds. The van der Waals surface area contributed by atoms with Crippen molar-refractivity contribution in [1.29, 1.82) is 0 Å². The number of rotatable bonds is 5. The highest BCUT2D eigenvalue weighted by atomic mass is 16.5. The second-order valence-electron chi connectivity index (χ2n) is 8.45. The molecule has 7 nitrogen and oxygen atoms in total. The molecule has 0 fully saturated rings. The van der Waals surface area contributed by atoms with Gasteiger partial charge in [0.1, 0.15) is 0 Å². The van der Waals surface area contributed by atoms with Crippen LogP contribution in [-0.2, 0) is 17.8 Å². The van der Waals surface area contributed by atoms with Gasteiger partial charge in [0.2, 0.25) is 11.8 Å². The van der Waals surface area contributed by atoms with E-state index in [1.54, 1.807) is 13.3 Å². The number of aromatic nitrogens is 3. The van der Waals surface area contributed by atoms with Crippen LogP contribution in [0.1, 0.15) is 50.6 Å². The molecule has 0 atom stereocenters. The third-order valence-electron chi connectivity index (χ3n) is 4.59. The number of ether oxygens (including phenoxy) is 1. The highest BCUT2D eigenvalue weighted by Gasteiger charge is 2.23. The molecule has 3 rings (SSSR count). The van der Waals surface area contributed by atoms with E-state index in [9.17, 15) is 4.79 Å². The van der Waals surface area contributed by atoms with Gasteiger partial charge in [-0.25, -0.2) is 15.0 Å². The van der Waals surface area contributed by atoms with E-state index in [0.717, 1.165) is 48.7 Å². The second kappa shape index (κ2) is 8.12. The van der Waals surface area contributed by atoms with Crippen LogP contribution in [-0.4, -0.2) is 34.5 Å². The van der Waals surface area contributed by atoms with Crippen LogP contribution < -0.4 is 15.0 Å². The maximum atomic E-state index is 12.3. The lowest BCUT2D eigenvalue weighted by Crippen LogP contribution is -2.31. The number of hydrogen-bond donors (Lipinski definition) is 1. The molecule has 3 heterocycles. The predicted molar refractivity (Wildman–Crippen MR) is 110 cm³/mol. The summed E-state index contributed by atoms with van der Waals surface area (Å²) in [4.78, 5) is 28.2. The number of nitrogens with zero attached hydrogens (tertiary/aromatic N) is 4. The fraction of sp³-hybridized carbons (Fsp3) is 0.524. The molecule has 150 valence electrons. The molecule has 0 bridgehead atoms. The predicted octanol–water partition coefficient (Wildman–Crippen LogP) is 3.52. The molecule has 1 aliphatic rings. The molecule has 7 heteroatoms. The molecule has 0 saturated heterocycles. The Morgan fingerprint density at radius 3 is 2.82 bits per heavy atom. The van der Waals surface area contributed by atoms with Gasteiger partial charge in [-0.05, 0) is 36.8 Å². The molecule has 2 aromatic rings. The molecule has 0 saturated carbocycles. The zero-order valence-corrected chi connectivity index (χ0v) is 17.4. The molecular weight excluding hydrogens is 354 g/mol. The van der Waals surface area contributed by atoms with Crippen LogP contribution in [0.4, 0.5) is 11.6 Å². The van der Waals surface area contributed by atoms with Gasteiger partial charge in [0.05, 0.1) is 18.5 Å². The van der Waals surface area contributed by atoms with E-state index in [-0.39, 0.29) is 11.3 Å². The number of carbonyl (C=O) groups excluding carboxylic acids is 1. The lowest BCUT2D eigenvalue weighted by molar-refractivity contribution is -0.117. The molecule has 0 unspecified atom stereocenters. The van der Waals surface area contributed by atoms with Gasteiger partial charge in [-0.2, -0.15) is 0 Å². The number of amides is 1. The Morgan fingerprint density at radius 2 is 2.11 bits per heavy atom. The Morgan fingerprint density at radius 1 is 1.32 bits per heavy atom. The topological polar surface area (TPSA) is 80.2 Å². The first kappa shape index (κ1) is 20.0. The number of methoxy groups -OCH3 is 1. The lowest BCUT2D eigenvalue weighted by Gasteiger charge is -2.30. The summed E-state index contributed by atoms with van der Waals surface area (Å²) in [7, 11) is 1.62. The van der Waals surface area contributed by atoms with Crippen LogP contribution >= 0.6 is 0 Å². The van der Waals surface area contributed by atoms with E-state index in [0.29, 0.717) is 18.1 Å². The summed E-state index contributed by atoms with van der Waals surface area (Å²) < 4.78 is 5.22. The number of carbonyl (C=O) groups is 1. The van der Waals surface area contributed by atoms with Crippen LogP contribution in [0.3, 0.4) is 0 Å². The summed E-state index contributed by atoms with van der Waals surface area (Å²) in [5.41, 5.74) is 2.72. The van der Waals surface area contributed by atoms with Crippen LogP contribution in [0.2, 0.25) is 0 Å². The first-order valence-corrected chi connectivity index (χ1v) is 9.66. The highest BCUT2D eigenvalue weighted by molar-refractivity contribution is 5.90. The van der Waals surface area contributed by atoms with Crippen molar-refractivity contribution in [3.8, 4) is 5.88 Å². The van der Waals surface area contributed by atoms with Gasteiger partial charge in [0, 0.05) is 31.8 Å². The third-order valence-corrected chi connectivity index (χ3v) is 4.59. The standard InChI is InChI=1S/C21H29N5O2/c1-14-19(25-17(27)12-21(2,3)4)24-16-7-6-10-26(20(16)23-14)13-15-8-9-22-18(11-15)28-5/h8-9,11H,6-7,10,12-13H2,1-5H3,(H,24,25,27). The van der Waals surface area contributed by atoms with Crippen molar-refractivity contribution in [3.05, 3.63) is 35.3 Å². The quantitative estimate of drug-likeness (QED) is 0.851. The molecule has 1 N–H and O–H groups in total. The van der Waals surface area contributed by atoms with Crippen molar-refractivity contribution >= 4 is 17.5 Å². The van der Waals surface area contributed by atoms with Gasteiger partial charge in [-0.1, -0.05) is 20.8 Å². The van der Waals surface area contributed by atoms with Gasteiger partial charge in [0.15, 0.2) is 11.6 Å².